The highest BCUT2D eigenvalue weighted by Gasteiger charge is 2.29. The van der Waals surface area contributed by atoms with E-state index in [1.807, 2.05) is 57.2 Å². The minimum atomic E-state index is -3.79. The van der Waals surface area contributed by atoms with E-state index in [1.54, 1.807) is 13.0 Å². The van der Waals surface area contributed by atoms with Crippen molar-refractivity contribution < 1.29 is 17.9 Å². The van der Waals surface area contributed by atoms with Gasteiger partial charge in [0.1, 0.15) is 5.69 Å². The van der Waals surface area contributed by atoms with Crippen molar-refractivity contribution >= 4 is 16.0 Å². The van der Waals surface area contributed by atoms with Crippen LogP contribution in [0.3, 0.4) is 0 Å². The summed E-state index contributed by atoms with van der Waals surface area (Å²) in [4.78, 5) is 15.8. The highest BCUT2D eigenvalue weighted by Crippen LogP contribution is 2.29. The van der Waals surface area contributed by atoms with Gasteiger partial charge in [-0.25, -0.2) is 13.2 Å². The van der Waals surface area contributed by atoms with Crippen LogP contribution in [0.25, 0.3) is 0 Å². The molecule has 0 amide bonds. The summed E-state index contributed by atoms with van der Waals surface area (Å²) >= 11 is 0. The van der Waals surface area contributed by atoms with Crippen LogP contribution in [0.5, 0.6) is 0 Å². The van der Waals surface area contributed by atoms with Gasteiger partial charge in [-0.1, -0.05) is 35.9 Å². The zero-order valence-electron chi connectivity index (χ0n) is 21.0. The third kappa shape index (κ3) is 5.36. The van der Waals surface area contributed by atoms with Gasteiger partial charge in [-0.15, -0.1) is 0 Å². The van der Waals surface area contributed by atoms with E-state index in [0.717, 1.165) is 59.2 Å². The van der Waals surface area contributed by atoms with Crippen molar-refractivity contribution in [2.45, 2.75) is 71.4 Å². The molecule has 1 aromatic heterocycles. The lowest BCUT2D eigenvalue weighted by molar-refractivity contribution is 0.0519. The summed E-state index contributed by atoms with van der Waals surface area (Å²) in [5, 5.41) is 0. The molecule has 2 aromatic carbocycles. The summed E-state index contributed by atoms with van der Waals surface area (Å²) < 4.78 is 34.7. The predicted molar refractivity (Wildman–Crippen MR) is 137 cm³/mol. The second-order valence-corrected chi connectivity index (χ2v) is 11.3. The lowest BCUT2D eigenvalue weighted by atomic mass is 9.92. The molecule has 0 aliphatic heterocycles. The maximum absolute atomic E-state index is 14.0. The van der Waals surface area contributed by atoms with Gasteiger partial charge in [-0.3, -0.25) is 0 Å². The number of nitrogens with zero attached hydrogens (tertiary/aromatic N) is 1. The van der Waals surface area contributed by atoms with Crippen molar-refractivity contribution in [3.05, 3.63) is 87.2 Å². The standard InChI is InChI=1S/C28H34N2O4S/c1-5-34-28(31)27-20(3)26(21(4)29-27)18-30(17-22-12-10-19(2)11-13-22)35(32,33)25-15-14-23-8-6-7-9-24(23)16-25/h10-16,29H,5-9,17-18H2,1-4H3. The molecule has 0 saturated carbocycles. The van der Waals surface area contributed by atoms with Gasteiger partial charge in [0.25, 0.3) is 0 Å². The molecule has 0 radical (unpaired) electrons. The van der Waals surface area contributed by atoms with Crippen molar-refractivity contribution in [1.82, 2.24) is 9.29 Å². The Morgan fingerprint density at radius 3 is 2.34 bits per heavy atom. The molecule has 0 saturated heterocycles. The number of nitrogens with one attached hydrogen (secondary N) is 1. The van der Waals surface area contributed by atoms with Crippen molar-refractivity contribution in [3.63, 3.8) is 0 Å². The molecular weight excluding hydrogens is 460 g/mol. The molecular formula is C28H34N2O4S. The number of aryl methyl sites for hydroxylation is 4. The quantitative estimate of drug-likeness (QED) is 0.426. The summed E-state index contributed by atoms with van der Waals surface area (Å²) in [5.74, 6) is -0.429. The molecule has 1 aliphatic rings. The van der Waals surface area contributed by atoms with Crippen LogP contribution in [-0.4, -0.2) is 30.3 Å². The number of aromatic amines is 1. The largest absolute Gasteiger partial charge is 0.461 e. The second-order valence-electron chi connectivity index (χ2n) is 9.35. The highest BCUT2D eigenvalue weighted by atomic mass is 32.2. The normalized spacial score (nSPS) is 13.6. The maximum Gasteiger partial charge on any atom is 0.355 e. The van der Waals surface area contributed by atoms with Crippen LogP contribution in [0.1, 0.15) is 69.3 Å². The third-order valence-corrected chi connectivity index (χ3v) is 8.63. The van der Waals surface area contributed by atoms with Crippen molar-refractivity contribution in [2.24, 2.45) is 0 Å². The van der Waals surface area contributed by atoms with Crippen LogP contribution < -0.4 is 0 Å². The molecule has 0 fully saturated rings. The molecule has 0 atom stereocenters. The van der Waals surface area contributed by atoms with E-state index in [1.165, 1.54) is 9.87 Å². The summed E-state index contributed by atoms with van der Waals surface area (Å²) in [6, 6.07) is 13.5. The monoisotopic (exact) mass is 494 g/mol. The Bertz CT molecular complexity index is 1320. The van der Waals surface area contributed by atoms with Gasteiger partial charge in [0.15, 0.2) is 0 Å². The van der Waals surface area contributed by atoms with E-state index in [9.17, 15) is 13.2 Å². The summed E-state index contributed by atoms with van der Waals surface area (Å²) in [6.07, 6.45) is 4.14. The minimum absolute atomic E-state index is 0.154. The summed E-state index contributed by atoms with van der Waals surface area (Å²) in [7, 11) is -3.79. The number of hydrogen-bond acceptors (Lipinski definition) is 4. The van der Waals surface area contributed by atoms with Crippen molar-refractivity contribution in [1.29, 1.82) is 0 Å². The number of aromatic nitrogens is 1. The van der Waals surface area contributed by atoms with Crippen LogP contribution in [0, 0.1) is 20.8 Å². The number of sulfonamides is 1. The van der Waals surface area contributed by atoms with Gasteiger partial charge in [0.2, 0.25) is 10.0 Å². The molecule has 1 aliphatic carbocycles. The summed E-state index contributed by atoms with van der Waals surface area (Å²) in [6.45, 7) is 8.13. The van der Waals surface area contributed by atoms with E-state index in [4.69, 9.17) is 4.74 Å². The first-order chi connectivity index (χ1) is 16.7. The molecule has 4 rings (SSSR count). The number of carbonyl (C=O) groups is 1. The zero-order chi connectivity index (χ0) is 25.2. The fourth-order valence-electron chi connectivity index (χ4n) is 4.75. The van der Waals surface area contributed by atoms with E-state index in [-0.39, 0.29) is 19.7 Å². The molecule has 6 nitrogen and oxygen atoms in total. The van der Waals surface area contributed by atoms with Crippen LogP contribution in [0.2, 0.25) is 0 Å². The Kier molecular flexibility index (Phi) is 7.47. The van der Waals surface area contributed by atoms with Gasteiger partial charge in [-0.05, 0) is 93.3 Å². The van der Waals surface area contributed by atoms with Gasteiger partial charge in [0.05, 0.1) is 11.5 Å². The van der Waals surface area contributed by atoms with Crippen LogP contribution in [-0.2, 0) is 40.7 Å². The molecule has 1 N–H and O–H groups in total. The number of benzene rings is 2. The smallest absolute Gasteiger partial charge is 0.355 e. The number of fused-ring (bicyclic) bond motifs is 1. The van der Waals surface area contributed by atoms with E-state index < -0.39 is 16.0 Å². The van der Waals surface area contributed by atoms with Gasteiger partial charge in [0, 0.05) is 18.8 Å². The van der Waals surface area contributed by atoms with E-state index >= 15 is 0 Å². The van der Waals surface area contributed by atoms with Crippen LogP contribution in [0.4, 0.5) is 0 Å². The Labute approximate surface area is 208 Å². The Balaban J connectivity index is 1.73. The lowest BCUT2D eigenvalue weighted by Gasteiger charge is -2.24. The molecule has 3 aromatic rings. The average Bonchev–Trinajstić information content (AvgIpc) is 3.13. The first kappa shape index (κ1) is 25.2. The van der Waals surface area contributed by atoms with E-state index in [2.05, 4.69) is 4.98 Å². The first-order valence-electron chi connectivity index (χ1n) is 12.2. The second kappa shape index (κ2) is 10.4. The molecule has 0 spiro atoms. The SMILES string of the molecule is CCOC(=O)c1[nH]c(C)c(CN(Cc2ccc(C)cc2)S(=O)(=O)c2ccc3c(c2)CCCC3)c1C. The number of carbonyl (C=O) groups excluding carboxylic acids is 1. The number of rotatable bonds is 8. The van der Waals surface area contributed by atoms with Crippen LogP contribution >= 0.6 is 0 Å². The molecule has 7 heteroatoms. The number of esters is 1. The fraction of sp³-hybridized carbons (Fsp3) is 0.393. The first-order valence-corrected chi connectivity index (χ1v) is 13.7. The van der Waals surface area contributed by atoms with Crippen LogP contribution in [0.15, 0.2) is 47.4 Å². The van der Waals surface area contributed by atoms with Gasteiger partial charge in [-0.2, -0.15) is 4.31 Å². The third-order valence-electron chi connectivity index (χ3n) is 6.84. The molecule has 35 heavy (non-hydrogen) atoms. The minimum Gasteiger partial charge on any atom is -0.461 e. The number of hydrogen-bond donors (Lipinski definition) is 1. The van der Waals surface area contributed by atoms with Gasteiger partial charge < -0.3 is 9.72 Å². The topological polar surface area (TPSA) is 79.5 Å². The highest BCUT2D eigenvalue weighted by molar-refractivity contribution is 7.89. The van der Waals surface area contributed by atoms with Gasteiger partial charge >= 0.3 is 5.97 Å². The van der Waals surface area contributed by atoms with Crippen molar-refractivity contribution in [3.8, 4) is 0 Å². The number of H-pyrrole nitrogens is 1. The molecule has 0 unspecified atom stereocenters. The Hall–Kier alpha value is -2.90. The Morgan fingerprint density at radius 1 is 0.971 bits per heavy atom. The predicted octanol–water partition coefficient (Wildman–Crippen LogP) is 5.39. The van der Waals surface area contributed by atoms with Crippen molar-refractivity contribution in [2.75, 3.05) is 6.61 Å². The lowest BCUT2D eigenvalue weighted by Crippen LogP contribution is -2.31. The zero-order valence-corrected chi connectivity index (χ0v) is 21.8. The average molecular weight is 495 g/mol. The number of ether oxygens (including phenoxy) is 1. The molecule has 186 valence electrons. The summed E-state index contributed by atoms with van der Waals surface area (Å²) in [5.41, 5.74) is 7.06. The fourth-order valence-corrected chi connectivity index (χ4v) is 6.20. The molecule has 1 heterocycles. The van der Waals surface area contributed by atoms with E-state index in [0.29, 0.717) is 10.6 Å². The molecule has 0 bridgehead atoms. The maximum atomic E-state index is 14.0. The Morgan fingerprint density at radius 2 is 1.66 bits per heavy atom.